The zero-order valence-electron chi connectivity index (χ0n) is 17.9. The van der Waals surface area contributed by atoms with Gasteiger partial charge in [0.1, 0.15) is 11.8 Å². The molecule has 32 heavy (non-hydrogen) atoms. The minimum atomic E-state index is -0.475. The van der Waals surface area contributed by atoms with Gasteiger partial charge >= 0.3 is 0 Å². The van der Waals surface area contributed by atoms with Crippen LogP contribution in [0.5, 0.6) is 5.75 Å². The van der Waals surface area contributed by atoms with Crippen LogP contribution in [0.3, 0.4) is 0 Å². The van der Waals surface area contributed by atoms with Crippen molar-refractivity contribution in [2.45, 2.75) is 25.4 Å². The molecule has 1 aliphatic rings. The van der Waals surface area contributed by atoms with Crippen molar-refractivity contribution in [3.05, 3.63) is 88.9 Å². The van der Waals surface area contributed by atoms with E-state index in [0.717, 1.165) is 28.9 Å². The predicted molar refractivity (Wildman–Crippen MR) is 126 cm³/mol. The zero-order valence-corrected chi connectivity index (χ0v) is 18.6. The van der Waals surface area contributed by atoms with Gasteiger partial charge in [-0.3, -0.25) is 9.59 Å². The third-order valence-electron chi connectivity index (χ3n) is 5.70. The Labute approximate surface area is 193 Å². The van der Waals surface area contributed by atoms with Gasteiger partial charge in [0.15, 0.2) is 0 Å². The van der Waals surface area contributed by atoms with Crippen LogP contribution in [0.1, 0.15) is 28.8 Å². The number of nitrogens with one attached hydrogen (secondary N) is 1. The molecular weight excluding hydrogens is 424 g/mol. The average Bonchev–Trinajstić information content (AvgIpc) is 3.32. The maximum atomic E-state index is 13.3. The van der Waals surface area contributed by atoms with Crippen molar-refractivity contribution in [2.24, 2.45) is 0 Å². The van der Waals surface area contributed by atoms with Crippen LogP contribution in [-0.2, 0) is 11.3 Å². The van der Waals surface area contributed by atoms with Crippen LogP contribution < -0.4 is 10.1 Å². The first-order valence-corrected chi connectivity index (χ1v) is 11.0. The molecule has 5 nitrogen and oxygen atoms in total. The molecule has 0 bridgehead atoms. The van der Waals surface area contributed by atoms with E-state index in [2.05, 4.69) is 5.32 Å². The highest BCUT2D eigenvalue weighted by Crippen LogP contribution is 2.31. The highest BCUT2D eigenvalue weighted by molar-refractivity contribution is 6.30. The second-order valence-electron chi connectivity index (χ2n) is 7.79. The van der Waals surface area contributed by atoms with E-state index in [1.807, 2.05) is 60.7 Å². The number of carbonyl (C=O) groups excluding carboxylic acids is 2. The monoisotopic (exact) mass is 448 g/mol. The molecule has 3 aromatic carbocycles. The summed E-state index contributed by atoms with van der Waals surface area (Å²) in [6, 6.07) is 22.1. The summed E-state index contributed by atoms with van der Waals surface area (Å²) in [7, 11) is 1.63. The van der Waals surface area contributed by atoms with E-state index in [-0.39, 0.29) is 11.8 Å². The summed E-state index contributed by atoms with van der Waals surface area (Å²) in [6.45, 7) is 0.939. The number of nitrogens with zero attached hydrogens (tertiary/aromatic N) is 1. The fourth-order valence-electron chi connectivity index (χ4n) is 4.10. The second kappa shape index (κ2) is 9.88. The molecule has 0 unspecified atom stereocenters. The number of para-hydroxylation sites is 1. The second-order valence-corrected chi connectivity index (χ2v) is 8.22. The van der Waals surface area contributed by atoms with Gasteiger partial charge in [-0.05, 0) is 54.3 Å². The number of methoxy groups -OCH3 is 1. The molecular formula is C26H25ClN2O3. The van der Waals surface area contributed by atoms with E-state index >= 15 is 0 Å². The van der Waals surface area contributed by atoms with Crippen LogP contribution in [0.15, 0.2) is 72.8 Å². The molecule has 0 saturated carbocycles. The minimum absolute atomic E-state index is 0.137. The molecule has 1 aliphatic heterocycles. The first-order chi connectivity index (χ1) is 15.6. The number of hydrogen-bond donors (Lipinski definition) is 1. The number of halogens is 1. The Balaban J connectivity index is 1.49. The van der Waals surface area contributed by atoms with Crippen molar-refractivity contribution >= 4 is 23.4 Å². The number of benzene rings is 3. The van der Waals surface area contributed by atoms with E-state index in [4.69, 9.17) is 16.3 Å². The number of carbonyl (C=O) groups is 2. The van der Waals surface area contributed by atoms with Crippen molar-refractivity contribution in [1.29, 1.82) is 0 Å². The average molecular weight is 449 g/mol. The third kappa shape index (κ3) is 4.78. The van der Waals surface area contributed by atoms with Gasteiger partial charge < -0.3 is 15.0 Å². The lowest BCUT2D eigenvalue weighted by molar-refractivity contribution is -0.125. The Bertz CT molecular complexity index is 1130. The molecule has 164 valence electrons. The van der Waals surface area contributed by atoms with Gasteiger partial charge in [-0.25, -0.2) is 0 Å². The summed E-state index contributed by atoms with van der Waals surface area (Å²) in [4.78, 5) is 27.9. The summed E-state index contributed by atoms with van der Waals surface area (Å²) in [5.74, 6) is 0.468. The Hall–Kier alpha value is -3.31. The largest absolute Gasteiger partial charge is 0.496 e. The summed E-state index contributed by atoms with van der Waals surface area (Å²) >= 11 is 6.02. The molecule has 1 fully saturated rings. The van der Waals surface area contributed by atoms with Crippen LogP contribution in [0.4, 0.5) is 0 Å². The zero-order chi connectivity index (χ0) is 22.5. The SMILES string of the molecule is COc1ccccc1-c1cccc(C(=O)N2CCC[C@H]2C(=O)NCc2cccc(Cl)c2)c1. The Morgan fingerprint density at radius 1 is 1.06 bits per heavy atom. The fraction of sp³-hybridized carbons (Fsp3) is 0.231. The summed E-state index contributed by atoms with van der Waals surface area (Å²) in [6.07, 6.45) is 1.45. The van der Waals surface area contributed by atoms with Crippen LogP contribution >= 0.6 is 11.6 Å². The van der Waals surface area contributed by atoms with Crippen LogP contribution in [0.25, 0.3) is 11.1 Å². The van der Waals surface area contributed by atoms with Gasteiger partial charge in [0.25, 0.3) is 5.91 Å². The third-order valence-corrected chi connectivity index (χ3v) is 5.93. The molecule has 0 aromatic heterocycles. The number of likely N-dealkylation sites (tertiary alicyclic amines) is 1. The quantitative estimate of drug-likeness (QED) is 0.581. The molecule has 0 aliphatic carbocycles. The number of ether oxygens (including phenoxy) is 1. The summed E-state index contributed by atoms with van der Waals surface area (Å²) in [5, 5.41) is 3.58. The van der Waals surface area contributed by atoms with Crippen LogP contribution in [-0.4, -0.2) is 36.4 Å². The van der Waals surface area contributed by atoms with Crippen molar-refractivity contribution in [3.63, 3.8) is 0 Å². The molecule has 0 radical (unpaired) electrons. The lowest BCUT2D eigenvalue weighted by atomic mass is 10.0. The van der Waals surface area contributed by atoms with E-state index in [1.165, 1.54) is 0 Å². The topological polar surface area (TPSA) is 58.6 Å². The first-order valence-electron chi connectivity index (χ1n) is 10.6. The molecule has 4 rings (SSSR count). The standard InChI is InChI=1S/C26H25ClN2O3/c1-32-24-13-3-2-11-22(24)19-8-5-9-20(16-19)26(31)29-14-6-12-23(29)25(30)28-17-18-7-4-10-21(27)15-18/h2-5,7-11,13,15-16,23H,6,12,14,17H2,1H3,(H,28,30)/t23-/m0/s1. The fourth-order valence-corrected chi connectivity index (χ4v) is 4.32. The van der Waals surface area contributed by atoms with Gasteiger partial charge in [-0.2, -0.15) is 0 Å². The number of rotatable bonds is 6. The maximum Gasteiger partial charge on any atom is 0.254 e. The highest BCUT2D eigenvalue weighted by Gasteiger charge is 2.34. The normalized spacial score (nSPS) is 15.4. The van der Waals surface area contributed by atoms with E-state index in [0.29, 0.717) is 30.1 Å². The minimum Gasteiger partial charge on any atom is -0.496 e. The molecule has 1 atom stereocenters. The molecule has 3 aromatic rings. The molecule has 1 saturated heterocycles. The number of amides is 2. The Morgan fingerprint density at radius 3 is 2.69 bits per heavy atom. The van der Waals surface area contributed by atoms with Crippen LogP contribution in [0, 0.1) is 0 Å². The van der Waals surface area contributed by atoms with Crippen molar-refractivity contribution in [2.75, 3.05) is 13.7 Å². The molecule has 1 N–H and O–H groups in total. The van der Waals surface area contributed by atoms with Gasteiger partial charge in [0.05, 0.1) is 7.11 Å². The molecule has 2 amide bonds. The molecule has 1 heterocycles. The molecule has 0 spiro atoms. The van der Waals surface area contributed by atoms with E-state index in [9.17, 15) is 9.59 Å². The van der Waals surface area contributed by atoms with Gasteiger partial charge in [0, 0.05) is 29.2 Å². The van der Waals surface area contributed by atoms with Crippen LogP contribution in [0.2, 0.25) is 5.02 Å². The predicted octanol–water partition coefficient (Wildman–Crippen LogP) is 4.94. The maximum absolute atomic E-state index is 13.3. The van der Waals surface area contributed by atoms with Crippen molar-refractivity contribution in [3.8, 4) is 16.9 Å². The molecule has 6 heteroatoms. The smallest absolute Gasteiger partial charge is 0.254 e. The first kappa shape index (κ1) is 21.9. The number of hydrogen-bond acceptors (Lipinski definition) is 3. The van der Waals surface area contributed by atoms with Gasteiger partial charge in [-0.15, -0.1) is 0 Å². The lowest BCUT2D eigenvalue weighted by Gasteiger charge is -2.24. The lowest BCUT2D eigenvalue weighted by Crippen LogP contribution is -2.45. The Morgan fingerprint density at radius 2 is 1.88 bits per heavy atom. The highest BCUT2D eigenvalue weighted by atomic mass is 35.5. The summed E-state index contributed by atoms with van der Waals surface area (Å²) in [5.41, 5.74) is 3.30. The van der Waals surface area contributed by atoms with Gasteiger partial charge in [-0.1, -0.05) is 54.1 Å². The summed E-state index contributed by atoms with van der Waals surface area (Å²) < 4.78 is 5.46. The van der Waals surface area contributed by atoms with Crippen molar-refractivity contribution < 1.29 is 14.3 Å². The van der Waals surface area contributed by atoms with E-state index < -0.39 is 6.04 Å². The van der Waals surface area contributed by atoms with Crippen molar-refractivity contribution in [1.82, 2.24) is 10.2 Å². The van der Waals surface area contributed by atoms with E-state index in [1.54, 1.807) is 24.1 Å². The van der Waals surface area contributed by atoms with Gasteiger partial charge in [0.2, 0.25) is 5.91 Å². The Kier molecular flexibility index (Phi) is 6.76.